The van der Waals surface area contributed by atoms with Gasteiger partial charge in [0, 0.05) is 28.8 Å². The normalized spacial score (nSPS) is 22.4. The Morgan fingerprint density at radius 1 is 1.29 bits per heavy atom. The molecule has 1 aromatic carbocycles. The van der Waals surface area contributed by atoms with Crippen LogP contribution in [-0.4, -0.2) is 33.6 Å². The fourth-order valence-corrected chi connectivity index (χ4v) is 4.18. The van der Waals surface area contributed by atoms with E-state index in [1.165, 1.54) is 57.2 Å². The molecule has 0 bridgehead atoms. The average Bonchev–Trinajstić information content (AvgIpc) is 2.75. The van der Waals surface area contributed by atoms with Gasteiger partial charge in [0.2, 0.25) is 5.60 Å². The first-order valence-electron chi connectivity index (χ1n) is 10.3. The molecule has 0 saturated heterocycles. The Bertz CT molecular complexity index is 1250. The van der Waals surface area contributed by atoms with Crippen LogP contribution in [0.5, 0.6) is 0 Å². The molecule has 2 N–H and O–H groups in total. The van der Waals surface area contributed by atoms with Gasteiger partial charge in [-0.15, -0.1) is 6.58 Å². The second-order valence-corrected chi connectivity index (χ2v) is 8.96. The van der Waals surface area contributed by atoms with Crippen LogP contribution in [0.4, 0.5) is 23.2 Å². The van der Waals surface area contributed by atoms with Gasteiger partial charge < -0.3 is 14.9 Å². The number of anilines is 1. The van der Waals surface area contributed by atoms with Gasteiger partial charge in [-0.3, -0.25) is 4.79 Å². The summed E-state index contributed by atoms with van der Waals surface area (Å²) < 4.78 is 62.9. The second kappa shape index (κ2) is 8.50. The van der Waals surface area contributed by atoms with E-state index < -0.39 is 46.7 Å². The lowest BCUT2D eigenvalue weighted by molar-refractivity contribution is -0.261. The number of nitrogens with zero attached hydrogens (tertiary/aromatic N) is 1. The van der Waals surface area contributed by atoms with Crippen molar-refractivity contribution in [2.75, 3.05) is 5.32 Å². The Kier molecular flexibility index (Phi) is 6.34. The summed E-state index contributed by atoms with van der Waals surface area (Å²) in [6.07, 6.45) is 0.0271. The van der Waals surface area contributed by atoms with Crippen LogP contribution in [0.15, 0.2) is 64.5 Å². The molecular weight excluding hydrogens is 456 g/mol. The molecule has 3 unspecified atom stereocenters. The summed E-state index contributed by atoms with van der Waals surface area (Å²) in [6, 6.07) is 3.69. The zero-order chi connectivity index (χ0) is 25.5. The van der Waals surface area contributed by atoms with Crippen molar-refractivity contribution < 1.29 is 32.0 Å². The van der Waals surface area contributed by atoms with Crippen molar-refractivity contribution in [3.05, 3.63) is 71.3 Å². The topological polar surface area (TPSA) is 92.4 Å². The smallest absolute Gasteiger partial charge is 0.373 e. The van der Waals surface area contributed by atoms with Gasteiger partial charge in [0.05, 0.1) is 11.1 Å². The van der Waals surface area contributed by atoms with E-state index in [4.69, 9.17) is 0 Å². The van der Waals surface area contributed by atoms with E-state index in [1.807, 2.05) is 5.32 Å². The molecule has 1 aromatic heterocycles. The summed E-state index contributed by atoms with van der Waals surface area (Å²) in [5.74, 6) is -2.74. The third-order valence-electron chi connectivity index (χ3n) is 6.24. The zero-order valence-electron chi connectivity index (χ0n) is 18.7. The van der Waals surface area contributed by atoms with E-state index in [0.717, 1.165) is 6.08 Å². The molecule has 3 rings (SSSR count). The van der Waals surface area contributed by atoms with Crippen LogP contribution < -0.4 is 10.9 Å². The van der Waals surface area contributed by atoms with Gasteiger partial charge in [0.15, 0.2) is 0 Å². The standard InChI is InChI=1S/C24H24F4N2O4/c1-5-15-8-6-7-11-22(15,25)21(3,4)13-23(33,24(26,27)28)20(32)29-16-9-10-17-18(12-16)14(2)30-34-19(17)31/h5-12,15,33H,1,13H2,2-4H3,(H,29,32). The predicted octanol–water partition coefficient (Wildman–Crippen LogP) is 4.78. The van der Waals surface area contributed by atoms with Gasteiger partial charge in [0.25, 0.3) is 5.91 Å². The van der Waals surface area contributed by atoms with Gasteiger partial charge >= 0.3 is 11.8 Å². The van der Waals surface area contributed by atoms with Crippen LogP contribution in [0, 0.1) is 18.3 Å². The molecule has 0 radical (unpaired) electrons. The van der Waals surface area contributed by atoms with E-state index in [2.05, 4.69) is 16.3 Å². The molecule has 2 aromatic rings. The number of allylic oxidation sites excluding steroid dienone is 5. The van der Waals surface area contributed by atoms with E-state index in [-0.39, 0.29) is 22.2 Å². The van der Waals surface area contributed by atoms with Crippen molar-refractivity contribution in [3.8, 4) is 0 Å². The summed E-state index contributed by atoms with van der Waals surface area (Å²) in [4.78, 5) is 24.6. The number of aliphatic hydroxyl groups is 1. The molecule has 0 spiro atoms. The van der Waals surface area contributed by atoms with Crippen LogP contribution in [0.3, 0.4) is 0 Å². The zero-order valence-corrected chi connectivity index (χ0v) is 18.7. The first kappa shape index (κ1) is 25.4. The van der Waals surface area contributed by atoms with Gasteiger partial charge in [-0.05, 0) is 31.2 Å². The third kappa shape index (κ3) is 4.18. The number of aromatic nitrogens is 1. The van der Waals surface area contributed by atoms with Crippen molar-refractivity contribution in [2.24, 2.45) is 11.3 Å². The maximum atomic E-state index is 16.0. The molecule has 6 nitrogen and oxygen atoms in total. The fraction of sp³-hybridized carbons (Fsp3) is 0.375. The molecule has 0 saturated carbocycles. The number of hydrogen-bond donors (Lipinski definition) is 2. The number of carbonyl (C=O) groups is 1. The van der Waals surface area contributed by atoms with Crippen molar-refractivity contribution >= 4 is 22.4 Å². The summed E-state index contributed by atoms with van der Waals surface area (Å²) in [6.45, 7) is 7.47. The Morgan fingerprint density at radius 2 is 1.97 bits per heavy atom. The molecule has 182 valence electrons. The molecule has 1 amide bonds. The average molecular weight is 480 g/mol. The summed E-state index contributed by atoms with van der Waals surface area (Å²) in [5, 5.41) is 16.6. The SMILES string of the molecule is C=CC1C=CC=CC1(F)C(C)(C)CC(O)(C(=O)Nc1ccc2c(=O)onc(C)c2c1)C(F)(F)F. The number of aryl methyl sites for hydroxylation is 1. The Labute approximate surface area is 192 Å². The minimum atomic E-state index is -5.42. The van der Waals surface area contributed by atoms with Crippen LogP contribution in [0.25, 0.3) is 10.8 Å². The number of nitrogens with one attached hydrogen (secondary N) is 1. The highest BCUT2D eigenvalue weighted by atomic mass is 19.4. The monoisotopic (exact) mass is 480 g/mol. The highest BCUT2D eigenvalue weighted by Gasteiger charge is 2.64. The number of alkyl halides is 4. The predicted molar refractivity (Wildman–Crippen MR) is 119 cm³/mol. The number of hydrogen-bond acceptors (Lipinski definition) is 5. The number of rotatable bonds is 6. The molecule has 0 aliphatic heterocycles. The van der Waals surface area contributed by atoms with E-state index in [0.29, 0.717) is 0 Å². The maximum Gasteiger partial charge on any atom is 0.426 e. The van der Waals surface area contributed by atoms with Crippen LogP contribution in [0.1, 0.15) is 26.0 Å². The van der Waals surface area contributed by atoms with Gasteiger partial charge in [-0.2, -0.15) is 13.2 Å². The second-order valence-electron chi connectivity index (χ2n) is 8.96. The van der Waals surface area contributed by atoms with E-state index >= 15 is 4.39 Å². The van der Waals surface area contributed by atoms with Crippen LogP contribution >= 0.6 is 0 Å². The van der Waals surface area contributed by atoms with Gasteiger partial charge in [-0.25, -0.2) is 9.18 Å². The highest BCUT2D eigenvalue weighted by Crippen LogP contribution is 2.51. The fourth-order valence-electron chi connectivity index (χ4n) is 4.18. The maximum absolute atomic E-state index is 16.0. The van der Waals surface area contributed by atoms with E-state index in [9.17, 15) is 27.9 Å². The van der Waals surface area contributed by atoms with Crippen molar-refractivity contribution in [1.29, 1.82) is 0 Å². The lowest BCUT2D eigenvalue weighted by atomic mass is 9.63. The summed E-state index contributed by atoms with van der Waals surface area (Å²) >= 11 is 0. The van der Waals surface area contributed by atoms with Crippen molar-refractivity contribution in [1.82, 2.24) is 5.16 Å². The Balaban J connectivity index is 1.99. The molecule has 10 heteroatoms. The first-order valence-corrected chi connectivity index (χ1v) is 10.3. The molecule has 1 aliphatic rings. The minimum Gasteiger partial charge on any atom is -0.373 e. The minimum absolute atomic E-state index is 0.115. The molecule has 3 atom stereocenters. The molecular formula is C24H24F4N2O4. The molecule has 34 heavy (non-hydrogen) atoms. The Hall–Kier alpha value is -3.27. The highest BCUT2D eigenvalue weighted by molar-refractivity contribution is 5.99. The number of carbonyl (C=O) groups excluding carboxylic acids is 1. The number of amides is 1. The summed E-state index contributed by atoms with van der Waals surface area (Å²) in [7, 11) is 0. The third-order valence-corrected chi connectivity index (χ3v) is 6.24. The van der Waals surface area contributed by atoms with Crippen LogP contribution in [0.2, 0.25) is 0 Å². The van der Waals surface area contributed by atoms with E-state index in [1.54, 1.807) is 6.08 Å². The molecule has 1 heterocycles. The number of benzene rings is 1. The van der Waals surface area contributed by atoms with Gasteiger partial charge in [-0.1, -0.05) is 43.3 Å². The number of halogens is 4. The van der Waals surface area contributed by atoms with Crippen molar-refractivity contribution in [2.45, 2.75) is 44.6 Å². The summed E-state index contributed by atoms with van der Waals surface area (Å²) in [5.41, 5.74) is -8.72. The van der Waals surface area contributed by atoms with Crippen molar-refractivity contribution in [3.63, 3.8) is 0 Å². The van der Waals surface area contributed by atoms with Gasteiger partial charge in [0.1, 0.15) is 5.67 Å². The number of fused-ring (bicyclic) bond motifs is 1. The quantitative estimate of drug-likeness (QED) is 0.459. The van der Waals surface area contributed by atoms with Crippen LogP contribution in [-0.2, 0) is 4.79 Å². The molecule has 1 aliphatic carbocycles. The lowest BCUT2D eigenvalue weighted by Gasteiger charge is -2.46. The molecule has 0 fully saturated rings. The lowest BCUT2D eigenvalue weighted by Crippen LogP contribution is -2.60. The largest absolute Gasteiger partial charge is 0.426 e. The first-order chi connectivity index (χ1) is 15.7. The Morgan fingerprint density at radius 3 is 2.59 bits per heavy atom.